The molecule has 0 aliphatic rings. The second kappa shape index (κ2) is 5.19. The summed E-state index contributed by atoms with van der Waals surface area (Å²) < 4.78 is 1.96. The molecule has 0 aromatic carbocycles. The Balaban J connectivity index is 3.01. The Bertz CT molecular complexity index is 316. The van der Waals surface area contributed by atoms with Gasteiger partial charge in [0.15, 0.2) is 0 Å². The van der Waals surface area contributed by atoms with Gasteiger partial charge in [-0.05, 0) is 18.8 Å². The van der Waals surface area contributed by atoms with E-state index in [0.29, 0.717) is 5.92 Å². The van der Waals surface area contributed by atoms with Crippen molar-refractivity contribution in [3.8, 4) is 5.88 Å². The third kappa shape index (κ3) is 2.74. The average molecular weight is 210 g/mol. The van der Waals surface area contributed by atoms with E-state index in [1.54, 1.807) is 0 Å². The molecule has 0 atom stereocenters. The topological polar surface area (TPSA) is 38.1 Å². The molecule has 0 unspecified atom stereocenters. The van der Waals surface area contributed by atoms with Gasteiger partial charge in [0.2, 0.25) is 5.88 Å². The number of aromatic hydroxyl groups is 1. The fraction of sp³-hybridized carbons (Fsp3) is 0.750. The zero-order valence-corrected chi connectivity index (χ0v) is 10.2. The second-order valence-electron chi connectivity index (χ2n) is 4.43. The monoisotopic (exact) mass is 210 g/mol. The van der Waals surface area contributed by atoms with Crippen molar-refractivity contribution < 1.29 is 5.11 Å². The van der Waals surface area contributed by atoms with E-state index in [0.717, 1.165) is 31.4 Å². The van der Waals surface area contributed by atoms with E-state index in [9.17, 15) is 5.11 Å². The summed E-state index contributed by atoms with van der Waals surface area (Å²) in [5, 5.41) is 14.0. The number of nitrogens with zero attached hydrogens (tertiary/aromatic N) is 2. The third-order valence-electron chi connectivity index (χ3n) is 2.52. The summed E-state index contributed by atoms with van der Waals surface area (Å²) in [6.07, 6.45) is 2.91. The van der Waals surface area contributed by atoms with Crippen molar-refractivity contribution in [1.29, 1.82) is 0 Å². The predicted octanol–water partition coefficient (Wildman–Crippen LogP) is 2.76. The zero-order chi connectivity index (χ0) is 11.4. The molecule has 1 aromatic rings. The maximum absolute atomic E-state index is 9.76. The predicted molar refractivity (Wildman–Crippen MR) is 62.1 cm³/mol. The molecule has 15 heavy (non-hydrogen) atoms. The van der Waals surface area contributed by atoms with Gasteiger partial charge in [0.1, 0.15) is 0 Å². The van der Waals surface area contributed by atoms with E-state index in [4.69, 9.17) is 0 Å². The minimum absolute atomic E-state index is 0.231. The van der Waals surface area contributed by atoms with E-state index < -0.39 is 0 Å². The number of rotatable bonds is 5. The highest BCUT2D eigenvalue weighted by molar-refractivity contribution is 5.30. The minimum Gasteiger partial charge on any atom is -0.492 e. The van der Waals surface area contributed by atoms with Crippen molar-refractivity contribution in [2.75, 3.05) is 0 Å². The van der Waals surface area contributed by atoms with Gasteiger partial charge in [0.05, 0.1) is 0 Å². The van der Waals surface area contributed by atoms with Crippen LogP contribution in [0.2, 0.25) is 0 Å². The van der Waals surface area contributed by atoms with Crippen LogP contribution < -0.4 is 0 Å². The lowest BCUT2D eigenvalue weighted by molar-refractivity contribution is 0.414. The highest BCUT2D eigenvalue weighted by Gasteiger charge is 2.15. The van der Waals surface area contributed by atoms with Crippen molar-refractivity contribution in [1.82, 2.24) is 9.78 Å². The summed E-state index contributed by atoms with van der Waals surface area (Å²) in [4.78, 5) is 0. The molecule has 0 fully saturated rings. The van der Waals surface area contributed by atoms with Gasteiger partial charge in [0, 0.05) is 17.8 Å². The van der Waals surface area contributed by atoms with Gasteiger partial charge in [-0.25, -0.2) is 0 Å². The number of hydrogen-bond donors (Lipinski definition) is 1. The van der Waals surface area contributed by atoms with E-state index in [2.05, 4.69) is 32.8 Å². The van der Waals surface area contributed by atoms with Crippen LogP contribution in [-0.4, -0.2) is 14.9 Å². The lowest BCUT2D eigenvalue weighted by atomic mass is 10.1. The van der Waals surface area contributed by atoms with Crippen LogP contribution in [-0.2, 0) is 19.4 Å². The van der Waals surface area contributed by atoms with Crippen LogP contribution in [0, 0.1) is 5.92 Å². The molecule has 0 spiro atoms. The molecule has 1 N–H and O–H groups in total. The molecule has 86 valence electrons. The highest BCUT2D eigenvalue weighted by atomic mass is 16.3. The average Bonchev–Trinajstić information content (AvgIpc) is 2.42. The van der Waals surface area contributed by atoms with Crippen LogP contribution in [0.5, 0.6) is 5.88 Å². The first-order valence-corrected chi connectivity index (χ1v) is 5.87. The summed E-state index contributed by atoms with van der Waals surface area (Å²) in [7, 11) is 0. The van der Waals surface area contributed by atoms with Crippen LogP contribution in [0.3, 0.4) is 0 Å². The van der Waals surface area contributed by atoms with Crippen LogP contribution in [0.25, 0.3) is 0 Å². The fourth-order valence-corrected chi connectivity index (χ4v) is 1.92. The third-order valence-corrected chi connectivity index (χ3v) is 2.52. The summed E-state index contributed by atoms with van der Waals surface area (Å²) >= 11 is 0. The fourth-order valence-electron chi connectivity index (χ4n) is 1.92. The molecule has 3 heteroatoms. The van der Waals surface area contributed by atoms with Crippen LogP contribution in [0.4, 0.5) is 0 Å². The molecular weight excluding hydrogens is 188 g/mol. The highest BCUT2D eigenvalue weighted by Crippen LogP contribution is 2.23. The first kappa shape index (κ1) is 12.1. The van der Waals surface area contributed by atoms with Gasteiger partial charge in [-0.15, -0.1) is 5.10 Å². The summed E-state index contributed by atoms with van der Waals surface area (Å²) in [5.74, 6) is 0.790. The van der Waals surface area contributed by atoms with Crippen LogP contribution in [0.1, 0.15) is 45.4 Å². The van der Waals surface area contributed by atoms with Crippen molar-refractivity contribution in [3.63, 3.8) is 0 Å². The first-order valence-electron chi connectivity index (χ1n) is 5.87. The van der Waals surface area contributed by atoms with E-state index in [1.165, 1.54) is 5.69 Å². The molecule has 1 heterocycles. The smallest absolute Gasteiger partial charge is 0.233 e. The minimum atomic E-state index is 0.231. The Morgan fingerprint density at radius 2 is 2.00 bits per heavy atom. The van der Waals surface area contributed by atoms with E-state index >= 15 is 0 Å². The molecule has 0 aliphatic heterocycles. The lowest BCUT2D eigenvalue weighted by Crippen LogP contribution is -2.09. The van der Waals surface area contributed by atoms with Gasteiger partial charge in [0.25, 0.3) is 0 Å². The molecule has 0 bridgehead atoms. The largest absolute Gasteiger partial charge is 0.492 e. The Hall–Kier alpha value is -0.990. The van der Waals surface area contributed by atoms with Gasteiger partial charge in [-0.2, -0.15) is 0 Å². The van der Waals surface area contributed by atoms with Crippen LogP contribution in [0.15, 0.2) is 0 Å². The Kier molecular flexibility index (Phi) is 4.18. The second-order valence-corrected chi connectivity index (χ2v) is 4.43. The molecule has 0 aliphatic carbocycles. The van der Waals surface area contributed by atoms with Crippen molar-refractivity contribution in [2.45, 2.75) is 53.5 Å². The van der Waals surface area contributed by atoms with Gasteiger partial charge in [-0.3, -0.25) is 4.68 Å². The van der Waals surface area contributed by atoms with Gasteiger partial charge >= 0.3 is 0 Å². The number of hydrogen-bond acceptors (Lipinski definition) is 2. The summed E-state index contributed by atoms with van der Waals surface area (Å²) in [6, 6.07) is 0. The van der Waals surface area contributed by atoms with E-state index in [1.807, 2.05) is 4.68 Å². The van der Waals surface area contributed by atoms with E-state index in [-0.39, 0.29) is 5.88 Å². The zero-order valence-electron chi connectivity index (χ0n) is 10.2. The Morgan fingerprint density at radius 1 is 1.33 bits per heavy atom. The van der Waals surface area contributed by atoms with Crippen molar-refractivity contribution >= 4 is 0 Å². The Morgan fingerprint density at radius 3 is 2.47 bits per heavy atom. The van der Waals surface area contributed by atoms with Crippen LogP contribution >= 0.6 is 0 Å². The molecular formula is C12H22N2O. The maximum Gasteiger partial charge on any atom is 0.233 e. The molecule has 3 nitrogen and oxygen atoms in total. The molecule has 0 amide bonds. The normalized spacial score (nSPS) is 11.3. The maximum atomic E-state index is 9.76. The summed E-state index contributed by atoms with van der Waals surface area (Å²) in [6.45, 7) is 9.46. The lowest BCUT2D eigenvalue weighted by Gasteiger charge is -2.09. The van der Waals surface area contributed by atoms with Crippen molar-refractivity contribution in [2.24, 2.45) is 5.92 Å². The Labute approximate surface area is 92.1 Å². The standard InChI is InChI=1S/C12H22N2O/c1-5-7-10-11(6-2)14(8-9(3)4)13-12(10)15/h9H,5-8H2,1-4H3,(H,13,15). The van der Waals surface area contributed by atoms with Gasteiger partial charge in [-0.1, -0.05) is 34.1 Å². The quantitative estimate of drug-likeness (QED) is 0.811. The summed E-state index contributed by atoms with van der Waals surface area (Å²) in [5.41, 5.74) is 2.24. The number of aromatic nitrogens is 2. The SMILES string of the molecule is CCCc1c(O)nn(CC(C)C)c1CC. The molecule has 1 rings (SSSR count). The van der Waals surface area contributed by atoms with Crippen molar-refractivity contribution in [3.05, 3.63) is 11.3 Å². The molecule has 0 radical (unpaired) electrons. The van der Waals surface area contributed by atoms with Gasteiger partial charge < -0.3 is 5.11 Å². The molecule has 0 saturated carbocycles. The first-order chi connectivity index (χ1) is 7.10. The molecule has 0 saturated heterocycles. The molecule has 1 aromatic heterocycles.